The molecular formula is C20H21ClN4O3. The van der Waals surface area contributed by atoms with E-state index in [9.17, 15) is 4.79 Å². The van der Waals surface area contributed by atoms with Crippen LogP contribution in [0.1, 0.15) is 27.5 Å². The van der Waals surface area contributed by atoms with Crippen LogP contribution >= 0.6 is 11.6 Å². The number of carbonyl (C=O) groups excluding carboxylic acids is 1. The molecule has 1 fully saturated rings. The number of nitrogens with zero attached hydrogens (tertiary/aromatic N) is 3. The molecule has 7 nitrogen and oxygen atoms in total. The molecule has 1 aliphatic rings. The van der Waals surface area contributed by atoms with Crippen LogP contribution in [0.15, 0.2) is 22.6 Å². The van der Waals surface area contributed by atoms with Crippen molar-refractivity contribution in [1.29, 1.82) is 0 Å². The largest absolute Gasteiger partial charge is 0.442 e. The summed E-state index contributed by atoms with van der Waals surface area (Å²) in [5, 5.41) is 4.22. The van der Waals surface area contributed by atoms with E-state index in [1.165, 1.54) is 0 Å². The molecule has 8 heteroatoms. The molecule has 0 spiro atoms. The summed E-state index contributed by atoms with van der Waals surface area (Å²) in [6.45, 7) is 8.12. The predicted molar refractivity (Wildman–Crippen MR) is 108 cm³/mol. The highest BCUT2D eigenvalue weighted by atomic mass is 35.5. The number of morpholine rings is 1. The van der Waals surface area contributed by atoms with E-state index in [0.29, 0.717) is 71.1 Å². The predicted octanol–water partition coefficient (Wildman–Crippen LogP) is 3.89. The van der Waals surface area contributed by atoms with Crippen LogP contribution in [0.3, 0.4) is 0 Å². The highest BCUT2D eigenvalue weighted by Gasteiger charge is 2.27. The van der Waals surface area contributed by atoms with Crippen molar-refractivity contribution >= 4 is 40.1 Å². The molecular weight excluding hydrogens is 380 g/mol. The first kappa shape index (κ1) is 18.7. The highest BCUT2D eigenvalue weighted by molar-refractivity contribution is 6.30. The van der Waals surface area contributed by atoms with Gasteiger partial charge in [-0.2, -0.15) is 4.98 Å². The molecule has 0 aliphatic carbocycles. The standard InChI is InChI=1S/C20H21ClN4O3/c1-11-10-14(21)4-5-15(11)24-19(26)16-12(2)28-20-17(16)18(22-13(3)23-20)25-6-8-27-9-7-25/h4-5,10H,6-9H2,1-3H3,(H,24,26). The highest BCUT2D eigenvalue weighted by Crippen LogP contribution is 2.33. The molecule has 0 atom stereocenters. The van der Waals surface area contributed by atoms with Gasteiger partial charge in [-0.1, -0.05) is 11.6 Å². The number of fused-ring (bicyclic) bond motifs is 1. The van der Waals surface area contributed by atoms with Gasteiger partial charge in [0.15, 0.2) is 0 Å². The van der Waals surface area contributed by atoms with Gasteiger partial charge in [-0.3, -0.25) is 4.79 Å². The van der Waals surface area contributed by atoms with Gasteiger partial charge in [0, 0.05) is 23.8 Å². The lowest BCUT2D eigenvalue weighted by Crippen LogP contribution is -2.37. The second-order valence-corrected chi connectivity index (χ2v) is 7.26. The van der Waals surface area contributed by atoms with E-state index in [4.69, 9.17) is 20.8 Å². The Morgan fingerprint density at radius 3 is 2.64 bits per heavy atom. The van der Waals surface area contributed by atoms with Gasteiger partial charge in [0.05, 0.1) is 24.2 Å². The van der Waals surface area contributed by atoms with Crippen LogP contribution in [0.5, 0.6) is 0 Å². The van der Waals surface area contributed by atoms with Crippen molar-refractivity contribution in [3.63, 3.8) is 0 Å². The first-order chi connectivity index (χ1) is 13.4. The summed E-state index contributed by atoms with van der Waals surface area (Å²) >= 11 is 6.02. The third-order valence-corrected chi connectivity index (χ3v) is 5.03. The fraction of sp³-hybridized carbons (Fsp3) is 0.350. The Labute approximate surface area is 167 Å². The summed E-state index contributed by atoms with van der Waals surface area (Å²) in [6.07, 6.45) is 0. The molecule has 28 heavy (non-hydrogen) atoms. The lowest BCUT2D eigenvalue weighted by molar-refractivity contribution is 0.102. The van der Waals surface area contributed by atoms with Gasteiger partial charge in [-0.25, -0.2) is 4.98 Å². The monoisotopic (exact) mass is 400 g/mol. The van der Waals surface area contributed by atoms with E-state index in [1.807, 2.05) is 19.9 Å². The number of halogens is 1. The minimum atomic E-state index is -0.261. The molecule has 0 radical (unpaired) electrons. The number of amides is 1. The Balaban J connectivity index is 1.79. The third-order valence-electron chi connectivity index (χ3n) is 4.79. The Hall–Kier alpha value is -2.64. The van der Waals surface area contributed by atoms with E-state index in [0.717, 1.165) is 5.56 Å². The molecule has 1 saturated heterocycles. The summed E-state index contributed by atoms with van der Waals surface area (Å²) < 4.78 is 11.3. The number of hydrogen-bond donors (Lipinski definition) is 1. The normalized spacial score (nSPS) is 14.5. The molecule has 1 N–H and O–H groups in total. The number of aromatic nitrogens is 2. The maximum absolute atomic E-state index is 13.2. The van der Waals surface area contributed by atoms with Crippen molar-refractivity contribution in [3.05, 3.63) is 45.9 Å². The zero-order valence-corrected chi connectivity index (χ0v) is 16.8. The lowest BCUT2D eigenvalue weighted by Gasteiger charge is -2.28. The first-order valence-electron chi connectivity index (χ1n) is 9.12. The molecule has 1 amide bonds. The van der Waals surface area contributed by atoms with E-state index >= 15 is 0 Å². The number of nitrogens with one attached hydrogen (secondary N) is 1. The third kappa shape index (κ3) is 3.43. The van der Waals surface area contributed by atoms with Crippen molar-refractivity contribution < 1.29 is 13.9 Å². The second-order valence-electron chi connectivity index (χ2n) is 6.82. The van der Waals surface area contributed by atoms with Gasteiger partial charge in [0.25, 0.3) is 5.91 Å². The van der Waals surface area contributed by atoms with Crippen LogP contribution in [-0.2, 0) is 4.74 Å². The number of aryl methyl sites for hydroxylation is 3. The van der Waals surface area contributed by atoms with E-state index in [-0.39, 0.29) is 5.91 Å². The van der Waals surface area contributed by atoms with E-state index in [2.05, 4.69) is 20.2 Å². The van der Waals surface area contributed by atoms with Crippen LogP contribution in [0.2, 0.25) is 5.02 Å². The van der Waals surface area contributed by atoms with Crippen molar-refractivity contribution in [2.45, 2.75) is 20.8 Å². The quantitative estimate of drug-likeness (QED) is 0.718. The molecule has 0 saturated carbocycles. The molecule has 1 aliphatic heterocycles. The lowest BCUT2D eigenvalue weighted by atomic mass is 10.1. The van der Waals surface area contributed by atoms with Gasteiger partial charge in [0.1, 0.15) is 17.4 Å². The van der Waals surface area contributed by atoms with Crippen LogP contribution in [0, 0.1) is 20.8 Å². The van der Waals surface area contributed by atoms with Crippen LogP contribution in [0.4, 0.5) is 11.5 Å². The number of anilines is 2. The Morgan fingerprint density at radius 1 is 1.18 bits per heavy atom. The molecule has 3 heterocycles. The molecule has 0 unspecified atom stereocenters. The maximum atomic E-state index is 13.2. The van der Waals surface area contributed by atoms with Crippen LogP contribution < -0.4 is 10.2 Å². The smallest absolute Gasteiger partial charge is 0.260 e. The average Bonchev–Trinajstić information content (AvgIpc) is 2.99. The summed E-state index contributed by atoms with van der Waals surface area (Å²) in [7, 11) is 0. The van der Waals surface area contributed by atoms with E-state index in [1.54, 1.807) is 19.1 Å². The summed E-state index contributed by atoms with van der Waals surface area (Å²) in [6, 6.07) is 5.34. The van der Waals surface area contributed by atoms with Gasteiger partial charge in [0.2, 0.25) is 5.71 Å². The van der Waals surface area contributed by atoms with Crippen molar-refractivity contribution in [3.8, 4) is 0 Å². The molecule has 4 rings (SSSR count). The summed E-state index contributed by atoms with van der Waals surface area (Å²) in [4.78, 5) is 24.3. The number of hydrogen-bond acceptors (Lipinski definition) is 6. The Morgan fingerprint density at radius 2 is 1.93 bits per heavy atom. The molecule has 0 bridgehead atoms. The Kier molecular flexibility index (Phi) is 4.95. The summed E-state index contributed by atoms with van der Waals surface area (Å²) in [5.41, 5.74) is 2.45. The zero-order chi connectivity index (χ0) is 19.8. The average molecular weight is 401 g/mol. The molecule has 1 aromatic carbocycles. The van der Waals surface area contributed by atoms with Crippen LogP contribution in [-0.4, -0.2) is 42.2 Å². The number of carbonyl (C=O) groups is 1. The molecule has 3 aromatic rings. The van der Waals surface area contributed by atoms with Gasteiger partial charge in [-0.15, -0.1) is 0 Å². The topological polar surface area (TPSA) is 80.5 Å². The zero-order valence-electron chi connectivity index (χ0n) is 16.0. The van der Waals surface area contributed by atoms with Gasteiger partial charge >= 0.3 is 0 Å². The minimum absolute atomic E-state index is 0.261. The van der Waals surface area contributed by atoms with E-state index < -0.39 is 0 Å². The number of ether oxygens (including phenoxy) is 1. The fourth-order valence-electron chi connectivity index (χ4n) is 3.43. The van der Waals surface area contributed by atoms with Crippen LogP contribution in [0.25, 0.3) is 11.1 Å². The number of rotatable bonds is 3. The summed E-state index contributed by atoms with van der Waals surface area (Å²) in [5.74, 6) is 1.56. The SMILES string of the molecule is Cc1nc(N2CCOCC2)c2c(C(=O)Nc3ccc(Cl)cc3C)c(C)oc2n1. The maximum Gasteiger partial charge on any atom is 0.260 e. The van der Waals surface area contributed by atoms with Gasteiger partial charge in [-0.05, 0) is 44.5 Å². The number of benzene rings is 1. The number of furan rings is 1. The van der Waals surface area contributed by atoms with Crippen molar-refractivity contribution in [2.75, 3.05) is 36.5 Å². The van der Waals surface area contributed by atoms with Crippen molar-refractivity contribution in [1.82, 2.24) is 9.97 Å². The first-order valence-corrected chi connectivity index (χ1v) is 9.50. The minimum Gasteiger partial charge on any atom is -0.442 e. The Bertz CT molecular complexity index is 1060. The molecule has 2 aromatic heterocycles. The van der Waals surface area contributed by atoms with Crippen molar-refractivity contribution in [2.24, 2.45) is 0 Å². The second kappa shape index (κ2) is 7.41. The molecule has 146 valence electrons. The van der Waals surface area contributed by atoms with Gasteiger partial charge < -0.3 is 19.4 Å². The fourth-order valence-corrected chi connectivity index (χ4v) is 3.65.